The van der Waals surface area contributed by atoms with Crippen molar-refractivity contribution < 1.29 is 9.47 Å². The summed E-state index contributed by atoms with van der Waals surface area (Å²) in [5, 5.41) is 0. The third kappa shape index (κ3) is 1.16. The lowest BCUT2D eigenvalue weighted by Gasteiger charge is -2.41. The maximum absolute atomic E-state index is 5.79. The second kappa shape index (κ2) is 3.34. The number of aromatic nitrogens is 1. The topological polar surface area (TPSA) is 34.2 Å². The van der Waals surface area contributed by atoms with Gasteiger partial charge in [-0.1, -0.05) is 0 Å². The van der Waals surface area contributed by atoms with E-state index in [-0.39, 0.29) is 0 Å². The molecule has 1 saturated heterocycles. The molecule has 4 unspecified atom stereocenters. The van der Waals surface area contributed by atoms with E-state index >= 15 is 0 Å². The van der Waals surface area contributed by atoms with Gasteiger partial charge in [0.2, 0.25) is 0 Å². The van der Waals surface area contributed by atoms with E-state index in [1.807, 2.05) is 0 Å². The molecular weight excluding hydrogens is 202 g/mol. The van der Waals surface area contributed by atoms with Crippen LogP contribution in [0.15, 0.2) is 12.3 Å². The van der Waals surface area contributed by atoms with E-state index in [0.717, 1.165) is 6.42 Å². The van der Waals surface area contributed by atoms with Crippen molar-refractivity contribution in [1.29, 1.82) is 0 Å². The maximum Gasteiger partial charge on any atom is 0.147 e. The lowest BCUT2D eigenvalue weighted by molar-refractivity contribution is 0.0164. The van der Waals surface area contributed by atoms with Gasteiger partial charge in [-0.2, -0.15) is 0 Å². The zero-order chi connectivity index (χ0) is 10.5. The molecule has 1 aromatic heterocycles. The highest BCUT2D eigenvalue weighted by Gasteiger charge is 2.46. The minimum Gasteiger partial charge on any atom is -0.365 e. The molecule has 1 N–H and O–H groups in total. The average molecular weight is 219 g/mol. The average Bonchev–Trinajstić information content (AvgIpc) is 2.96. The van der Waals surface area contributed by atoms with Gasteiger partial charge in [0.1, 0.15) is 6.79 Å². The summed E-state index contributed by atoms with van der Waals surface area (Å²) in [6.45, 7) is 0.512. The molecule has 0 aromatic carbocycles. The predicted molar refractivity (Wildman–Crippen MR) is 59.2 cm³/mol. The Morgan fingerprint density at radius 2 is 2.19 bits per heavy atom. The highest BCUT2D eigenvalue weighted by Crippen LogP contribution is 2.47. The Morgan fingerprint density at radius 1 is 1.19 bits per heavy atom. The van der Waals surface area contributed by atoms with E-state index in [4.69, 9.17) is 9.47 Å². The van der Waals surface area contributed by atoms with Crippen molar-refractivity contribution in [2.75, 3.05) is 6.79 Å². The summed E-state index contributed by atoms with van der Waals surface area (Å²) in [5.74, 6) is 1.39. The second-order valence-electron chi connectivity index (χ2n) is 5.25. The molecule has 3 heteroatoms. The Morgan fingerprint density at radius 3 is 3.19 bits per heavy atom. The number of aromatic amines is 1. The minimum absolute atomic E-state index is 0.363. The van der Waals surface area contributed by atoms with Gasteiger partial charge in [-0.25, -0.2) is 0 Å². The van der Waals surface area contributed by atoms with Crippen LogP contribution in [0.25, 0.3) is 0 Å². The van der Waals surface area contributed by atoms with Gasteiger partial charge in [-0.3, -0.25) is 0 Å². The molecule has 16 heavy (non-hydrogen) atoms. The van der Waals surface area contributed by atoms with Crippen molar-refractivity contribution >= 4 is 0 Å². The van der Waals surface area contributed by atoms with Crippen LogP contribution >= 0.6 is 0 Å². The Labute approximate surface area is 95.1 Å². The molecular formula is C13H17NO2. The zero-order valence-electron chi connectivity index (χ0n) is 9.32. The third-order valence-electron chi connectivity index (χ3n) is 4.61. The first kappa shape index (κ1) is 9.25. The number of hydrogen-bond acceptors (Lipinski definition) is 2. The van der Waals surface area contributed by atoms with Crippen molar-refractivity contribution in [1.82, 2.24) is 4.98 Å². The molecule has 0 amide bonds. The van der Waals surface area contributed by atoms with Crippen LogP contribution in [-0.2, 0) is 15.9 Å². The van der Waals surface area contributed by atoms with E-state index in [1.54, 1.807) is 5.56 Å². The van der Waals surface area contributed by atoms with Crippen molar-refractivity contribution in [3.8, 4) is 0 Å². The first-order valence-electron chi connectivity index (χ1n) is 6.33. The first-order valence-corrected chi connectivity index (χ1v) is 6.33. The molecule has 86 valence electrons. The van der Waals surface area contributed by atoms with Crippen molar-refractivity contribution in [2.45, 2.75) is 43.8 Å². The largest absolute Gasteiger partial charge is 0.365 e. The van der Waals surface area contributed by atoms with Gasteiger partial charge in [0.05, 0.1) is 12.2 Å². The number of hydrogen-bond donors (Lipinski definition) is 1. The SMILES string of the molecule is c1cc2c([nH]1)CCC1C2CCC2OCOC21. The zero-order valence-corrected chi connectivity index (χ0v) is 9.32. The molecule has 2 fully saturated rings. The summed E-state index contributed by atoms with van der Waals surface area (Å²) in [5.41, 5.74) is 3.00. The van der Waals surface area contributed by atoms with Crippen LogP contribution in [0.1, 0.15) is 36.4 Å². The van der Waals surface area contributed by atoms with Gasteiger partial charge in [-0.15, -0.1) is 0 Å². The molecule has 4 atom stereocenters. The van der Waals surface area contributed by atoms with Crippen LogP contribution < -0.4 is 0 Å². The number of ether oxygens (including phenoxy) is 2. The lowest BCUT2D eigenvalue weighted by Crippen LogP contribution is -2.41. The second-order valence-corrected chi connectivity index (χ2v) is 5.25. The summed E-state index contributed by atoms with van der Waals surface area (Å²) in [4.78, 5) is 3.38. The van der Waals surface area contributed by atoms with Gasteiger partial charge in [0.15, 0.2) is 0 Å². The van der Waals surface area contributed by atoms with Gasteiger partial charge in [0, 0.05) is 11.9 Å². The summed E-state index contributed by atoms with van der Waals surface area (Å²) in [6.07, 6.45) is 7.68. The highest BCUT2D eigenvalue weighted by molar-refractivity contribution is 5.30. The lowest BCUT2D eigenvalue weighted by atomic mass is 9.67. The number of nitrogens with one attached hydrogen (secondary N) is 1. The molecule has 3 nitrogen and oxygen atoms in total. The van der Waals surface area contributed by atoms with Crippen LogP contribution in [0.2, 0.25) is 0 Å². The van der Waals surface area contributed by atoms with Crippen LogP contribution in [0.3, 0.4) is 0 Å². The van der Waals surface area contributed by atoms with E-state index in [9.17, 15) is 0 Å². The van der Waals surface area contributed by atoms with Crippen molar-refractivity contribution in [3.63, 3.8) is 0 Å². The number of fused-ring (bicyclic) bond motifs is 5. The van der Waals surface area contributed by atoms with Crippen molar-refractivity contribution in [3.05, 3.63) is 23.5 Å². The van der Waals surface area contributed by atoms with Crippen LogP contribution in [0.4, 0.5) is 0 Å². The Balaban J connectivity index is 1.70. The smallest absolute Gasteiger partial charge is 0.147 e. The fraction of sp³-hybridized carbons (Fsp3) is 0.692. The third-order valence-corrected chi connectivity index (χ3v) is 4.61. The fourth-order valence-electron chi connectivity index (χ4n) is 3.88. The van der Waals surface area contributed by atoms with E-state index in [2.05, 4.69) is 17.2 Å². The van der Waals surface area contributed by atoms with Crippen molar-refractivity contribution in [2.24, 2.45) is 5.92 Å². The van der Waals surface area contributed by atoms with E-state index < -0.39 is 0 Å². The number of rotatable bonds is 0. The highest BCUT2D eigenvalue weighted by atomic mass is 16.7. The van der Waals surface area contributed by atoms with Crippen LogP contribution in [0, 0.1) is 5.92 Å². The Kier molecular flexibility index (Phi) is 1.93. The van der Waals surface area contributed by atoms with E-state index in [1.165, 1.54) is 25.0 Å². The molecule has 0 spiro atoms. The quantitative estimate of drug-likeness (QED) is 0.725. The Hall–Kier alpha value is -0.800. The molecule has 1 saturated carbocycles. The summed E-state index contributed by atoms with van der Waals surface area (Å²) in [7, 11) is 0. The number of H-pyrrole nitrogens is 1. The predicted octanol–water partition coefficient (Wildman–Crippen LogP) is 2.20. The monoisotopic (exact) mass is 219 g/mol. The number of aryl methyl sites for hydroxylation is 1. The summed E-state index contributed by atoms with van der Waals surface area (Å²) >= 11 is 0. The first-order chi connectivity index (χ1) is 7.93. The molecule has 2 heterocycles. The molecule has 2 aliphatic carbocycles. The van der Waals surface area contributed by atoms with Crippen LogP contribution in [0.5, 0.6) is 0 Å². The van der Waals surface area contributed by atoms with Gasteiger partial charge in [0.25, 0.3) is 0 Å². The van der Waals surface area contributed by atoms with E-state index in [0.29, 0.717) is 30.8 Å². The molecule has 4 rings (SSSR count). The molecule has 0 bridgehead atoms. The molecule has 1 aromatic rings. The Bertz CT molecular complexity index is 400. The maximum atomic E-state index is 5.79. The van der Waals surface area contributed by atoms with Crippen LogP contribution in [-0.4, -0.2) is 24.0 Å². The van der Waals surface area contributed by atoms with Gasteiger partial charge >= 0.3 is 0 Å². The fourth-order valence-corrected chi connectivity index (χ4v) is 3.88. The normalized spacial score (nSPS) is 41.2. The van der Waals surface area contributed by atoms with Gasteiger partial charge in [-0.05, 0) is 49.1 Å². The molecule has 3 aliphatic rings. The standard InChI is InChI=1S/C13H17NO2/c1-3-11-9(5-6-14-11)8-2-4-12-13(10(1)8)16-7-15-12/h5-6,8,10,12-14H,1-4,7H2. The van der Waals surface area contributed by atoms with Gasteiger partial charge < -0.3 is 14.5 Å². The minimum atomic E-state index is 0.363. The summed E-state index contributed by atoms with van der Waals surface area (Å²) in [6, 6.07) is 2.27. The molecule has 0 radical (unpaired) electrons. The summed E-state index contributed by atoms with van der Waals surface area (Å²) < 4.78 is 11.4. The molecule has 1 aliphatic heterocycles.